The molecule has 1 unspecified atom stereocenters. The van der Waals surface area contributed by atoms with Gasteiger partial charge in [0.05, 0.1) is 36.3 Å². The number of hydrogen-bond donors (Lipinski definition) is 0. The van der Waals surface area contributed by atoms with Gasteiger partial charge in [-0.05, 0) is 37.3 Å². The Balaban J connectivity index is 1.65. The average molecular weight is 442 g/mol. The molecule has 1 atom stereocenters. The van der Waals surface area contributed by atoms with E-state index in [0.717, 1.165) is 11.3 Å². The van der Waals surface area contributed by atoms with Crippen LogP contribution >= 0.6 is 23.4 Å². The normalized spacial score (nSPS) is 14.6. The molecule has 154 valence electrons. The SMILES string of the molecule is COCCn1c(SC(C)C2=NC(c3cccnc3)=NC2)nc2cc(Cl)ccc2c1=O. The second-order valence-electron chi connectivity index (χ2n) is 6.75. The van der Waals surface area contributed by atoms with Crippen LogP contribution in [0.25, 0.3) is 10.9 Å². The van der Waals surface area contributed by atoms with Crippen LogP contribution in [-0.2, 0) is 11.3 Å². The van der Waals surface area contributed by atoms with E-state index in [-0.39, 0.29) is 10.8 Å². The number of rotatable bonds is 7. The Morgan fingerprint density at radius 2 is 2.20 bits per heavy atom. The van der Waals surface area contributed by atoms with Crippen molar-refractivity contribution >= 4 is 45.8 Å². The number of hydrogen-bond acceptors (Lipinski definition) is 7. The number of methoxy groups -OCH3 is 1. The van der Waals surface area contributed by atoms with Gasteiger partial charge in [-0.3, -0.25) is 19.3 Å². The summed E-state index contributed by atoms with van der Waals surface area (Å²) in [6.45, 7) is 3.39. The van der Waals surface area contributed by atoms with Gasteiger partial charge in [0.1, 0.15) is 0 Å². The summed E-state index contributed by atoms with van der Waals surface area (Å²) in [5, 5.41) is 1.67. The highest BCUT2D eigenvalue weighted by Gasteiger charge is 2.22. The molecule has 0 amide bonds. The highest BCUT2D eigenvalue weighted by molar-refractivity contribution is 8.00. The van der Waals surface area contributed by atoms with Crippen molar-refractivity contribution in [2.24, 2.45) is 9.98 Å². The largest absolute Gasteiger partial charge is 0.383 e. The predicted molar refractivity (Wildman–Crippen MR) is 121 cm³/mol. The first-order valence-electron chi connectivity index (χ1n) is 9.45. The lowest BCUT2D eigenvalue weighted by Crippen LogP contribution is -2.26. The van der Waals surface area contributed by atoms with E-state index in [1.54, 1.807) is 42.3 Å². The van der Waals surface area contributed by atoms with Crippen LogP contribution in [0.4, 0.5) is 0 Å². The summed E-state index contributed by atoms with van der Waals surface area (Å²) in [7, 11) is 1.61. The third-order valence-electron chi connectivity index (χ3n) is 4.71. The monoisotopic (exact) mass is 441 g/mol. The predicted octanol–water partition coefficient (Wildman–Crippen LogP) is 3.47. The molecule has 4 rings (SSSR count). The lowest BCUT2D eigenvalue weighted by atomic mass is 10.2. The zero-order chi connectivity index (χ0) is 21.1. The Labute approximate surface area is 182 Å². The molecule has 0 saturated carbocycles. The number of aromatic nitrogens is 3. The average Bonchev–Trinajstić information content (AvgIpc) is 3.24. The highest BCUT2D eigenvalue weighted by Crippen LogP contribution is 2.26. The van der Waals surface area contributed by atoms with Gasteiger partial charge in [0.2, 0.25) is 0 Å². The number of halogens is 1. The maximum absolute atomic E-state index is 13.1. The zero-order valence-corrected chi connectivity index (χ0v) is 18.2. The van der Waals surface area contributed by atoms with Crippen molar-refractivity contribution in [1.29, 1.82) is 0 Å². The van der Waals surface area contributed by atoms with E-state index in [9.17, 15) is 4.79 Å². The Morgan fingerprint density at radius 1 is 1.33 bits per heavy atom. The topological polar surface area (TPSA) is 81.7 Å². The van der Waals surface area contributed by atoms with Crippen LogP contribution in [-0.4, -0.2) is 51.6 Å². The second-order valence-corrected chi connectivity index (χ2v) is 8.49. The van der Waals surface area contributed by atoms with Crippen LogP contribution in [0.5, 0.6) is 0 Å². The van der Waals surface area contributed by atoms with E-state index < -0.39 is 0 Å². The fourth-order valence-corrected chi connectivity index (χ4v) is 4.30. The van der Waals surface area contributed by atoms with Gasteiger partial charge in [-0.15, -0.1) is 0 Å². The van der Waals surface area contributed by atoms with Crippen LogP contribution in [0.1, 0.15) is 12.5 Å². The van der Waals surface area contributed by atoms with Gasteiger partial charge >= 0.3 is 0 Å². The molecule has 30 heavy (non-hydrogen) atoms. The minimum atomic E-state index is -0.107. The Bertz CT molecular complexity index is 1190. The summed E-state index contributed by atoms with van der Waals surface area (Å²) in [5.41, 5.74) is 2.29. The minimum absolute atomic E-state index is 0.0137. The fourth-order valence-electron chi connectivity index (χ4n) is 3.10. The summed E-state index contributed by atoms with van der Waals surface area (Å²) in [6.07, 6.45) is 3.47. The molecular formula is C21H20ClN5O2S. The van der Waals surface area contributed by atoms with Crippen LogP contribution in [0.15, 0.2) is 62.7 Å². The number of ether oxygens (including phenoxy) is 1. The van der Waals surface area contributed by atoms with Crippen LogP contribution in [0.3, 0.4) is 0 Å². The minimum Gasteiger partial charge on any atom is -0.383 e. The van der Waals surface area contributed by atoms with Crippen LogP contribution in [0, 0.1) is 0 Å². The fraction of sp³-hybridized carbons (Fsp3) is 0.286. The van der Waals surface area contributed by atoms with Crippen molar-refractivity contribution in [3.05, 3.63) is 63.7 Å². The Morgan fingerprint density at radius 3 is 2.97 bits per heavy atom. The first-order chi connectivity index (χ1) is 14.6. The third kappa shape index (κ3) is 4.30. The number of nitrogens with zero attached hydrogens (tertiary/aromatic N) is 5. The van der Waals surface area contributed by atoms with Crippen LogP contribution < -0.4 is 5.56 Å². The Hall–Kier alpha value is -2.55. The summed E-state index contributed by atoms with van der Waals surface area (Å²) in [6, 6.07) is 8.93. The molecule has 0 spiro atoms. The molecule has 1 aliphatic rings. The van der Waals surface area contributed by atoms with E-state index in [1.165, 1.54) is 11.8 Å². The maximum atomic E-state index is 13.1. The van der Waals surface area contributed by atoms with E-state index in [1.807, 2.05) is 19.1 Å². The van der Waals surface area contributed by atoms with E-state index >= 15 is 0 Å². The maximum Gasteiger partial charge on any atom is 0.262 e. The number of benzene rings is 1. The van der Waals surface area contributed by atoms with Gasteiger partial charge in [0.25, 0.3) is 5.56 Å². The van der Waals surface area contributed by atoms with E-state index in [2.05, 4.69) is 15.0 Å². The molecular weight excluding hydrogens is 422 g/mol. The quantitative estimate of drug-likeness (QED) is 0.414. The van der Waals surface area contributed by atoms with Crippen molar-refractivity contribution in [3.63, 3.8) is 0 Å². The van der Waals surface area contributed by atoms with Gasteiger partial charge < -0.3 is 4.74 Å². The number of fused-ring (bicyclic) bond motifs is 1. The van der Waals surface area contributed by atoms with Gasteiger partial charge in [-0.1, -0.05) is 23.4 Å². The van der Waals surface area contributed by atoms with Crippen molar-refractivity contribution in [1.82, 2.24) is 14.5 Å². The highest BCUT2D eigenvalue weighted by atomic mass is 35.5. The molecule has 9 heteroatoms. The van der Waals surface area contributed by atoms with Crippen LogP contribution in [0.2, 0.25) is 5.02 Å². The standard InChI is InChI=1S/C21H20ClN5O2S/c1-13(18-12-24-19(25-18)14-4-3-7-23-11-14)30-21-26-17-10-15(22)5-6-16(17)20(28)27(21)8-9-29-2/h3-7,10-11,13H,8-9,12H2,1-2H3. The summed E-state index contributed by atoms with van der Waals surface area (Å²) in [4.78, 5) is 31.1. The lowest BCUT2D eigenvalue weighted by molar-refractivity contribution is 0.183. The summed E-state index contributed by atoms with van der Waals surface area (Å²) < 4.78 is 6.84. The van der Waals surface area contributed by atoms with Crippen molar-refractivity contribution in [2.75, 3.05) is 20.3 Å². The molecule has 0 aliphatic carbocycles. The van der Waals surface area contributed by atoms with Crippen molar-refractivity contribution in [3.8, 4) is 0 Å². The van der Waals surface area contributed by atoms with E-state index in [4.69, 9.17) is 21.3 Å². The first kappa shape index (κ1) is 20.7. The van der Waals surface area contributed by atoms with Gasteiger partial charge in [0, 0.05) is 35.3 Å². The molecule has 0 saturated heterocycles. The van der Waals surface area contributed by atoms with Gasteiger partial charge in [0.15, 0.2) is 11.0 Å². The summed E-state index contributed by atoms with van der Waals surface area (Å²) >= 11 is 7.60. The number of thioether (sulfide) groups is 1. The third-order valence-corrected chi connectivity index (χ3v) is 6.10. The van der Waals surface area contributed by atoms with E-state index in [0.29, 0.717) is 46.6 Å². The molecule has 0 fully saturated rings. The zero-order valence-electron chi connectivity index (χ0n) is 16.6. The number of aliphatic imine (C=N–C) groups is 2. The molecule has 2 aromatic heterocycles. The summed E-state index contributed by atoms with van der Waals surface area (Å²) in [5.74, 6) is 0.681. The van der Waals surface area contributed by atoms with Crippen molar-refractivity contribution < 1.29 is 4.74 Å². The molecule has 7 nitrogen and oxygen atoms in total. The molecule has 0 N–H and O–H groups in total. The number of amidine groups is 1. The van der Waals surface area contributed by atoms with Crippen molar-refractivity contribution in [2.45, 2.75) is 23.9 Å². The molecule has 3 aromatic rings. The molecule has 3 heterocycles. The molecule has 1 aliphatic heterocycles. The first-order valence-corrected chi connectivity index (χ1v) is 10.7. The van der Waals surface area contributed by atoms with Gasteiger partial charge in [-0.25, -0.2) is 9.98 Å². The smallest absolute Gasteiger partial charge is 0.262 e. The van der Waals surface area contributed by atoms with Gasteiger partial charge in [-0.2, -0.15) is 0 Å². The lowest BCUT2D eigenvalue weighted by Gasteiger charge is -2.16. The molecule has 0 radical (unpaired) electrons. The Kier molecular flexibility index (Phi) is 6.26. The number of pyridine rings is 1. The molecule has 0 bridgehead atoms. The molecule has 1 aromatic carbocycles. The second kappa shape index (κ2) is 9.07.